The lowest BCUT2D eigenvalue weighted by molar-refractivity contribution is -0.132. The Labute approximate surface area is 61.4 Å². The summed E-state index contributed by atoms with van der Waals surface area (Å²) < 4.78 is 34.3. The molecule has 0 saturated carbocycles. The van der Waals surface area contributed by atoms with Crippen LogP contribution in [-0.2, 0) is 0 Å². The van der Waals surface area contributed by atoms with E-state index in [1.165, 1.54) is 0 Å². The van der Waals surface area contributed by atoms with Crippen molar-refractivity contribution in [1.29, 1.82) is 0 Å². The normalized spacial score (nSPS) is 13.3. The number of alkyl halides is 3. The fraction of sp³-hybridized carbons (Fsp3) is 0.750. The minimum atomic E-state index is -4.20. The second kappa shape index (κ2) is 4.02. The number of nitrogens with two attached hydrogens (primary N) is 2. The van der Waals surface area contributed by atoms with E-state index in [-0.39, 0.29) is 5.96 Å². The van der Waals surface area contributed by atoms with Crippen LogP contribution in [0.4, 0.5) is 13.2 Å². The molecule has 0 aromatic carbocycles. The molecule has 66 valence electrons. The second-order valence-electron chi connectivity index (χ2n) is 1.78. The average Bonchev–Trinajstić information content (AvgIpc) is 1.85. The smallest absolute Gasteiger partial charge is 0.369 e. The minimum absolute atomic E-state index is 0.200. The Kier molecular flexibility index (Phi) is 3.66. The minimum Gasteiger partial charge on any atom is -0.369 e. The molecule has 7 heteroatoms. The van der Waals surface area contributed by atoms with Crippen LogP contribution < -0.4 is 17.0 Å². The first-order chi connectivity index (χ1) is 4.95. The molecule has 0 radical (unpaired) electrons. The average molecular weight is 170 g/mol. The first-order valence-corrected chi connectivity index (χ1v) is 2.79. The molecule has 0 saturated heterocycles. The summed E-state index contributed by atoms with van der Waals surface area (Å²) in [5.74, 6) is 4.54. The lowest BCUT2D eigenvalue weighted by Crippen LogP contribution is -2.37. The number of guanidine groups is 1. The van der Waals surface area contributed by atoms with Crippen LogP contribution in [0.15, 0.2) is 4.99 Å². The molecule has 4 nitrogen and oxygen atoms in total. The Hall–Kier alpha value is -0.980. The van der Waals surface area contributed by atoms with Gasteiger partial charge in [0, 0.05) is 0 Å². The summed E-state index contributed by atoms with van der Waals surface area (Å²) in [6.45, 7) is -0.403. The number of hydrogen-bond donors (Lipinski definition) is 3. The molecule has 0 aromatic heterocycles. The van der Waals surface area contributed by atoms with Gasteiger partial charge in [-0.25, -0.2) is 5.84 Å². The van der Waals surface area contributed by atoms with Crippen LogP contribution >= 0.6 is 0 Å². The van der Waals surface area contributed by atoms with Crippen molar-refractivity contribution in [1.82, 2.24) is 5.43 Å². The van der Waals surface area contributed by atoms with Crippen LogP contribution in [0.5, 0.6) is 0 Å². The molecule has 0 aliphatic carbocycles. The number of nitrogens with one attached hydrogen (secondary N) is 1. The van der Waals surface area contributed by atoms with Crippen molar-refractivity contribution in [2.75, 3.05) is 6.54 Å². The summed E-state index contributed by atoms with van der Waals surface area (Å²) in [4.78, 5) is 3.27. The van der Waals surface area contributed by atoms with Crippen molar-refractivity contribution >= 4 is 5.96 Å². The number of hydrogen-bond acceptors (Lipinski definition) is 2. The lowest BCUT2D eigenvalue weighted by atomic mass is 10.4. The quantitative estimate of drug-likeness (QED) is 0.231. The Morgan fingerprint density at radius 2 is 2.00 bits per heavy atom. The van der Waals surface area contributed by atoms with Crippen molar-refractivity contribution in [3.8, 4) is 0 Å². The van der Waals surface area contributed by atoms with Crippen molar-refractivity contribution in [2.24, 2.45) is 16.6 Å². The van der Waals surface area contributed by atoms with Gasteiger partial charge in [-0.2, -0.15) is 13.2 Å². The largest absolute Gasteiger partial charge is 0.390 e. The van der Waals surface area contributed by atoms with Gasteiger partial charge >= 0.3 is 6.18 Å². The van der Waals surface area contributed by atoms with E-state index in [4.69, 9.17) is 11.6 Å². The van der Waals surface area contributed by atoms with Crippen LogP contribution in [0.25, 0.3) is 0 Å². The zero-order valence-corrected chi connectivity index (χ0v) is 5.65. The summed E-state index contributed by atoms with van der Waals surface area (Å²) >= 11 is 0. The van der Waals surface area contributed by atoms with E-state index >= 15 is 0 Å². The van der Waals surface area contributed by atoms with Crippen molar-refractivity contribution < 1.29 is 13.2 Å². The molecular formula is C4H9F3N4. The summed E-state index contributed by atoms with van der Waals surface area (Å²) in [6, 6.07) is 0. The van der Waals surface area contributed by atoms with Crippen LogP contribution in [0.3, 0.4) is 0 Å². The van der Waals surface area contributed by atoms with E-state index in [0.29, 0.717) is 0 Å². The van der Waals surface area contributed by atoms with Gasteiger partial charge in [0.15, 0.2) is 0 Å². The van der Waals surface area contributed by atoms with E-state index in [1.54, 1.807) is 0 Å². The van der Waals surface area contributed by atoms with Gasteiger partial charge in [0.05, 0.1) is 13.0 Å². The topological polar surface area (TPSA) is 76.4 Å². The van der Waals surface area contributed by atoms with Crippen LogP contribution in [0.1, 0.15) is 6.42 Å². The predicted molar refractivity (Wildman–Crippen MR) is 34.5 cm³/mol. The third kappa shape index (κ3) is 6.91. The van der Waals surface area contributed by atoms with Gasteiger partial charge in [0.2, 0.25) is 5.96 Å². The first kappa shape index (κ1) is 10.0. The van der Waals surface area contributed by atoms with Gasteiger partial charge in [-0.05, 0) is 0 Å². The lowest BCUT2D eigenvalue weighted by Gasteiger charge is -2.03. The molecule has 0 aliphatic heterocycles. The molecule has 0 heterocycles. The molecule has 0 amide bonds. The highest BCUT2D eigenvalue weighted by Gasteiger charge is 2.25. The second-order valence-corrected chi connectivity index (χ2v) is 1.78. The number of halogens is 3. The Morgan fingerprint density at radius 3 is 2.36 bits per heavy atom. The number of nitrogens with zero attached hydrogens (tertiary/aromatic N) is 1. The van der Waals surface area contributed by atoms with Crippen molar-refractivity contribution in [3.05, 3.63) is 0 Å². The molecule has 0 aromatic rings. The standard InChI is InChI=1S/C4H9F3N4/c5-4(6,7)1-2-10-3(8)11-9/h1-2,9H2,(H3,8,10,11). The van der Waals surface area contributed by atoms with E-state index in [9.17, 15) is 13.2 Å². The maximum absolute atomic E-state index is 11.4. The van der Waals surface area contributed by atoms with Crippen LogP contribution in [0, 0.1) is 0 Å². The van der Waals surface area contributed by atoms with Gasteiger partial charge in [-0.15, -0.1) is 0 Å². The van der Waals surface area contributed by atoms with Gasteiger partial charge < -0.3 is 5.73 Å². The zero-order chi connectivity index (χ0) is 8.91. The fourth-order valence-corrected chi connectivity index (χ4v) is 0.349. The molecule has 0 spiro atoms. The molecule has 0 unspecified atom stereocenters. The number of hydrazine groups is 1. The summed E-state index contributed by atoms with van der Waals surface area (Å²) in [6.07, 6.45) is -5.19. The van der Waals surface area contributed by atoms with E-state index in [0.717, 1.165) is 0 Å². The molecule has 0 aliphatic rings. The molecule has 5 N–H and O–H groups in total. The fourth-order valence-electron chi connectivity index (χ4n) is 0.349. The Balaban J connectivity index is 3.57. The van der Waals surface area contributed by atoms with Gasteiger partial charge in [-0.1, -0.05) is 0 Å². The molecule has 0 fully saturated rings. The molecule has 0 atom stereocenters. The van der Waals surface area contributed by atoms with Crippen LogP contribution in [-0.4, -0.2) is 18.7 Å². The maximum Gasteiger partial charge on any atom is 0.390 e. The molecule has 0 rings (SSSR count). The third-order valence-electron chi connectivity index (χ3n) is 0.825. The summed E-state index contributed by atoms with van der Waals surface area (Å²) in [5.41, 5.74) is 6.86. The maximum atomic E-state index is 11.4. The number of aliphatic imine (C=N–C) groups is 1. The first-order valence-electron chi connectivity index (χ1n) is 2.79. The highest BCUT2D eigenvalue weighted by Crippen LogP contribution is 2.18. The zero-order valence-electron chi connectivity index (χ0n) is 5.65. The Bertz CT molecular complexity index is 141. The highest BCUT2D eigenvalue weighted by atomic mass is 19.4. The van der Waals surface area contributed by atoms with Crippen molar-refractivity contribution in [2.45, 2.75) is 12.6 Å². The molecule has 0 bridgehead atoms. The highest BCUT2D eigenvalue weighted by molar-refractivity contribution is 5.76. The molecular weight excluding hydrogens is 161 g/mol. The number of rotatable bonds is 2. The third-order valence-corrected chi connectivity index (χ3v) is 0.825. The SMILES string of the molecule is NNC(N)=NCCC(F)(F)F. The van der Waals surface area contributed by atoms with Gasteiger partial charge in [-0.3, -0.25) is 10.4 Å². The monoisotopic (exact) mass is 170 g/mol. The van der Waals surface area contributed by atoms with E-state index < -0.39 is 19.1 Å². The predicted octanol–water partition coefficient (Wildman–Crippen LogP) is -0.283. The Morgan fingerprint density at radius 1 is 1.45 bits per heavy atom. The summed E-state index contributed by atoms with van der Waals surface area (Å²) in [7, 11) is 0. The van der Waals surface area contributed by atoms with Crippen LogP contribution in [0.2, 0.25) is 0 Å². The molecule has 11 heavy (non-hydrogen) atoms. The van der Waals surface area contributed by atoms with Gasteiger partial charge in [0.1, 0.15) is 0 Å². The van der Waals surface area contributed by atoms with Gasteiger partial charge in [0.25, 0.3) is 0 Å². The van der Waals surface area contributed by atoms with E-state index in [1.807, 2.05) is 5.43 Å². The van der Waals surface area contributed by atoms with Crippen molar-refractivity contribution in [3.63, 3.8) is 0 Å². The summed E-state index contributed by atoms with van der Waals surface area (Å²) in [5, 5.41) is 0. The van der Waals surface area contributed by atoms with E-state index in [2.05, 4.69) is 4.99 Å².